The van der Waals surface area contributed by atoms with Crippen LogP contribution in [0, 0.1) is 0 Å². The molecule has 174 valence electrons. The predicted octanol–water partition coefficient (Wildman–Crippen LogP) is 3.37. The molecule has 0 saturated carbocycles. The molecule has 0 aliphatic carbocycles. The van der Waals surface area contributed by atoms with Gasteiger partial charge in [-0.2, -0.15) is 0 Å². The van der Waals surface area contributed by atoms with Gasteiger partial charge < -0.3 is 24.3 Å². The van der Waals surface area contributed by atoms with Gasteiger partial charge in [-0.25, -0.2) is 17.6 Å². The number of carbonyl (C=O) groups excluding carboxylic acids is 1. The van der Waals surface area contributed by atoms with Crippen molar-refractivity contribution in [2.45, 2.75) is 50.2 Å². The van der Waals surface area contributed by atoms with Crippen LogP contribution >= 0.6 is 0 Å². The van der Waals surface area contributed by atoms with Crippen LogP contribution in [0.2, 0.25) is 0 Å². The third-order valence-corrected chi connectivity index (χ3v) is 5.68. The van der Waals surface area contributed by atoms with Gasteiger partial charge in [-0.15, -0.1) is 0 Å². The Morgan fingerprint density at radius 2 is 1.87 bits per heavy atom. The van der Waals surface area contributed by atoms with E-state index in [0.29, 0.717) is 38.1 Å². The van der Waals surface area contributed by atoms with Crippen LogP contribution in [0.3, 0.4) is 0 Å². The number of carbonyl (C=O) groups is 1. The van der Waals surface area contributed by atoms with E-state index in [9.17, 15) is 17.6 Å². The van der Waals surface area contributed by atoms with E-state index >= 15 is 0 Å². The number of amides is 1. The third kappa shape index (κ3) is 9.24. The number of halogens is 1. The van der Waals surface area contributed by atoms with Crippen molar-refractivity contribution in [3.8, 4) is 5.75 Å². The normalized spacial score (nSPS) is 16.1. The Morgan fingerprint density at radius 3 is 2.45 bits per heavy atom. The fourth-order valence-electron chi connectivity index (χ4n) is 2.64. The summed E-state index contributed by atoms with van der Waals surface area (Å²) in [4.78, 5) is 11.8. The van der Waals surface area contributed by atoms with E-state index in [1.807, 2.05) is 0 Å². The lowest BCUT2D eigenvalue weighted by molar-refractivity contribution is -0.0168. The molecule has 1 aromatic rings. The van der Waals surface area contributed by atoms with Gasteiger partial charge in [0.05, 0.1) is 17.3 Å². The first-order chi connectivity index (χ1) is 14.6. The molecule has 31 heavy (non-hydrogen) atoms. The molecule has 1 saturated heterocycles. The average Bonchev–Trinajstić information content (AvgIpc) is 2.72. The largest absolute Gasteiger partial charge is 0.489 e. The molecule has 1 fully saturated rings. The zero-order chi connectivity index (χ0) is 22.9. The van der Waals surface area contributed by atoms with E-state index in [1.54, 1.807) is 20.8 Å². The molecule has 0 atom stereocenters. The second kappa shape index (κ2) is 11.4. The fourth-order valence-corrected chi connectivity index (χ4v) is 3.70. The number of hydrogen-bond acceptors (Lipinski definition) is 7. The van der Waals surface area contributed by atoms with Gasteiger partial charge in [0.15, 0.2) is 5.94 Å². The van der Waals surface area contributed by atoms with Gasteiger partial charge in [0.1, 0.15) is 18.0 Å². The van der Waals surface area contributed by atoms with Gasteiger partial charge in [-0.1, -0.05) is 0 Å². The topological polar surface area (TPSA) is 100 Å². The number of sulfone groups is 1. The molecule has 0 bridgehead atoms. The van der Waals surface area contributed by atoms with Crippen molar-refractivity contribution in [3.05, 3.63) is 36.2 Å². The van der Waals surface area contributed by atoms with Gasteiger partial charge >= 0.3 is 6.09 Å². The molecule has 0 radical (unpaired) electrons. The first-order valence-corrected chi connectivity index (χ1v) is 11.6. The lowest BCUT2D eigenvalue weighted by Crippen LogP contribution is -2.34. The summed E-state index contributed by atoms with van der Waals surface area (Å²) in [6.07, 6.45) is 0.921. The highest BCUT2D eigenvalue weighted by Gasteiger charge is 2.20. The molecular weight excluding hydrogens is 429 g/mol. The summed E-state index contributed by atoms with van der Waals surface area (Å²) in [6.45, 7) is 6.11. The number of ether oxygens (including phenoxy) is 4. The molecule has 2 rings (SSSR count). The monoisotopic (exact) mass is 459 g/mol. The van der Waals surface area contributed by atoms with Crippen LogP contribution in [0.1, 0.15) is 33.6 Å². The average molecular weight is 460 g/mol. The van der Waals surface area contributed by atoms with Crippen LogP contribution < -0.4 is 10.1 Å². The van der Waals surface area contributed by atoms with E-state index in [4.69, 9.17) is 18.9 Å². The van der Waals surface area contributed by atoms with Gasteiger partial charge in [0, 0.05) is 25.3 Å². The van der Waals surface area contributed by atoms with Gasteiger partial charge in [-0.3, -0.25) is 0 Å². The zero-order valence-corrected chi connectivity index (χ0v) is 18.9. The molecular formula is C21H30FNO7S. The van der Waals surface area contributed by atoms with E-state index in [0.717, 1.165) is 0 Å². The molecule has 0 aromatic heterocycles. The van der Waals surface area contributed by atoms with Crippen LogP contribution in [0.5, 0.6) is 5.75 Å². The van der Waals surface area contributed by atoms with Gasteiger partial charge in [0.2, 0.25) is 9.84 Å². The van der Waals surface area contributed by atoms with E-state index in [-0.39, 0.29) is 29.7 Å². The summed E-state index contributed by atoms with van der Waals surface area (Å²) in [5.74, 6) is -0.0379. The van der Waals surface area contributed by atoms with Crippen LogP contribution in [-0.4, -0.2) is 58.5 Å². The Balaban J connectivity index is 1.81. The molecule has 8 nitrogen and oxygen atoms in total. The number of alkyl carbamates (subject to hydrolysis) is 1. The summed E-state index contributed by atoms with van der Waals surface area (Å²) >= 11 is 0. The molecule has 0 unspecified atom stereocenters. The number of nitrogens with one attached hydrogen (secondary N) is 1. The smallest absolute Gasteiger partial charge is 0.407 e. The number of rotatable bonds is 9. The van der Waals surface area contributed by atoms with Crippen LogP contribution in [0.4, 0.5) is 9.18 Å². The first-order valence-electron chi connectivity index (χ1n) is 9.99. The van der Waals surface area contributed by atoms with Crippen molar-refractivity contribution in [1.29, 1.82) is 0 Å². The lowest BCUT2D eigenvalue weighted by atomic mass is 10.2. The minimum Gasteiger partial charge on any atom is -0.489 e. The molecule has 1 aliphatic rings. The summed E-state index contributed by atoms with van der Waals surface area (Å²) < 4.78 is 59.2. The molecule has 10 heteroatoms. The molecule has 1 N–H and O–H groups in total. The molecule has 0 spiro atoms. The second-order valence-electron chi connectivity index (χ2n) is 8.09. The van der Waals surface area contributed by atoms with Crippen LogP contribution in [-0.2, 0) is 24.0 Å². The highest BCUT2D eigenvalue weighted by molar-refractivity contribution is 7.91. The van der Waals surface area contributed by atoms with Crippen molar-refractivity contribution in [2.24, 2.45) is 0 Å². The lowest BCUT2D eigenvalue weighted by Gasteiger charge is -2.22. The summed E-state index contributed by atoms with van der Waals surface area (Å²) in [5.41, 5.74) is -0.467. The maximum absolute atomic E-state index is 13.1. The zero-order valence-electron chi connectivity index (χ0n) is 18.1. The Bertz CT molecular complexity index is 841. The molecule has 1 heterocycles. The Labute approximate surface area is 182 Å². The maximum Gasteiger partial charge on any atom is 0.407 e. The summed E-state index contributed by atoms with van der Waals surface area (Å²) in [7, 11) is -3.60. The number of hydrogen-bond donors (Lipinski definition) is 1. The van der Waals surface area contributed by atoms with Crippen molar-refractivity contribution >= 4 is 15.9 Å². The molecule has 1 amide bonds. The SMILES string of the molecule is CC(C)(C)OC(=O)NC/C(=C\F)COc1ccc(S(=O)(=O)COC2CCOCC2)cc1. The number of benzene rings is 1. The maximum atomic E-state index is 13.1. The van der Waals surface area contributed by atoms with E-state index < -0.39 is 27.5 Å². The summed E-state index contributed by atoms with van der Waals surface area (Å²) in [5, 5.41) is 2.45. The van der Waals surface area contributed by atoms with Crippen molar-refractivity contribution in [3.63, 3.8) is 0 Å². The van der Waals surface area contributed by atoms with Crippen molar-refractivity contribution in [2.75, 3.05) is 32.3 Å². The summed E-state index contributed by atoms with van der Waals surface area (Å²) in [6, 6.07) is 5.79. The highest BCUT2D eigenvalue weighted by atomic mass is 32.2. The second-order valence-corrected chi connectivity index (χ2v) is 10.0. The first kappa shape index (κ1) is 25.1. The van der Waals surface area contributed by atoms with Crippen molar-refractivity contribution in [1.82, 2.24) is 5.32 Å². The van der Waals surface area contributed by atoms with Gasteiger partial charge in [0.25, 0.3) is 0 Å². The quantitative estimate of drug-likeness (QED) is 0.604. The molecule has 1 aromatic carbocycles. The van der Waals surface area contributed by atoms with E-state index in [1.165, 1.54) is 24.3 Å². The predicted molar refractivity (Wildman–Crippen MR) is 112 cm³/mol. The minimum absolute atomic E-state index is 0.0819. The Kier molecular flexibility index (Phi) is 9.27. The Hall–Kier alpha value is -2.17. The van der Waals surface area contributed by atoms with Crippen LogP contribution in [0.25, 0.3) is 0 Å². The fraction of sp³-hybridized carbons (Fsp3) is 0.571. The van der Waals surface area contributed by atoms with Gasteiger partial charge in [-0.05, 0) is 57.9 Å². The van der Waals surface area contributed by atoms with Crippen LogP contribution in [0.15, 0.2) is 41.1 Å². The molecule has 1 aliphatic heterocycles. The van der Waals surface area contributed by atoms with E-state index in [2.05, 4.69) is 5.32 Å². The minimum atomic E-state index is -3.60. The Morgan fingerprint density at radius 1 is 1.23 bits per heavy atom. The third-order valence-electron chi connectivity index (χ3n) is 4.25. The standard InChI is InChI=1S/C21H30FNO7S/c1-21(2,3)30-20(24)23-13-16(12-22)14-28-17-4-6-19(7-5-17)31(25,26)15-29-18-8-10-27-11-9-18/h4-7,12,18H,8-11,13-15H2,1-3H3,(H,23,24)/b16-12+. The highest BCUT2D eigenvalue weighted by Crippen LogP contribution is 2.19. The van der Waals surface area contributed by atoms with Crippen molar-refractivity contribution < 1.29 is 36.6 Å².